The maximum absolute atomic E-state index is 12.4. The van der Waals surface area contributed by atoms with Gasteiger partial charge in [-0.3, -0.25) is 4.79 Å². The van der Waals surface area contributed by atoms with E-state index in [1.54, 1.807) is 38.6 Å². The number of benzene rings is 1. The van der Waals surface area contributed by atoms with Crippen molar-refractivity contribution in [3.63, 3.8) is 0 Å². The molecule has 9 heteroatoms. The third-order valence-electron chi connectivity index (χ3n) is 5.49. The highest BCUT2D eigenvalue weighted by molar-refractivity contribution is 7.20. The van der Waals surface area contributed by atoms with Crippen molar-refractivity contribution in [1.29, 1.82) is 0 Å². The van der Waals surface area contributed by atoms with Gasteiger partial charge in [0, 0.05) is 18.5 Å². The van der Waals surface area contributed by atoms with Gasteiger partial charge in [-0.25, -0.2) is 4.99 Å². The SMILES string of the molecule is CC[s+]1nc(Nc2cccc(C(=O)N(C)C)c2O)c(=N[C@@H](c2cc(C(C)C)co2)C(C)(C)C)[nH]1. The number of carbonyl (C=O) groups is 1. The predicted molar refractivity (Wildman–Crippen MR) is 137 cm³/mol. The fourth-order valence-electron chi connectivity index (χ4n) is 3.46. The number of hydrogen-bond donors (Lipinski definition) is 3. The van der Waals surface area contributed by atoms with Gasteiger partial charge in [0.05, 0.1) is 17.5 Å². The summed E-state index contributed by atoms with van der Waals surface area (Å²) >= 11 is 0. The van der Waals surface area contributed by atoms with E-state index in [0.717, 1.165) is 17.1 Å². The van der Waals surface area contributed by atoms with Crippen LogP contribution in [0.25, 0.3) is 0 Å². The number of aromatic nitrogens is 2. The Morgan fingerprint density at radius 1 is 1.32 bits per heavy atom. The van der Waals surface area contributed by atoms with Crippen molar-refractivity contribution in [3.05, 3.63) is 52.9 Å². The number of carbonyl (C=O) groups excluding carboxylic acids is 1. The monoisotopic (exact) mass is 486 g/mol. The number of aryl methyl sites for hydroxylation is 1. The van der Waals surface area contributed by atoms with E-state index in [4.69, 9.17) is 13.8 Å². The second-order valence-corrected chi connectivity index (χ2v) is 11.6. The summed E-state index contributed by atoms with van der Waals surface area (Å²) in [6, 6.07) is 6.87. The van der Waals surface area contributed by atoms with Gasteiger partial charge in [0.25, 0.3) is 5.91 Å². The van der Waals surface area contributed by atoms with Gasteiger partial charge in [0.2, 0.25) is 11.3 Å². The lowest BCUT2D eigenvalue weighted by molar-refractivity contribution is 0.0824. The molecule has 2 aromatic heterocycles. The van der Waals surface area contributed by atoms with E-state index in [2.05, 4.69) is 57.3 Å². The molecular weight excluding hydrogens is 450 g/mol. The van der Waals surface area contributed by atoms with Crippen LogP contribution in [-0.4, -0.2) is 38.8 Å². The molecule has 3 N–H and O–H groups in total. The molecule has 8 nitrogen and oxygen atoms in total. The maximum atomic E-state index is 12.4. The molecule has 0 bridgehead atoms. The highest BCUT2D eigenvalue weighted by Crippen LogP contribution is 2.38. The molecule has 1 amide bonds. The van der Waals surface area contributed by atoms with Crippen molar-refractivity contribution >= 4 is 28.3 Å². The molecule has 0 aliphatic rings. The predicted octanol–water partition coefficient (Wildman–Crippen LogP) is 5.73. The summed E-state index contributed by atoms with van der Waals surface area (Å²) in [5, 5.41) is 14.0. The number of nitrogens with one attached hydrogen (secondary N) is 2. The molecule has 0 saturated carbocycles. The Morgan fingerprint density at radius 3 is 2.59 bits per heavy atom. The summed E-state index contributed by atoms with van der Waals surface area (Å²) in [5.74, 6) is 2.09. The third-order valence-corrected chi connectivity index (χ3v) is 6.87. The van der Waals surface area contributed by atoms with Crippen LogP contribution in [0.15, 0.2) is 39.9 Å². The average Bonchev–Trinajstić information content (AvgIpc) is 3.39. The number of amides is 1. The average molecular weight is 487 g/mol. The van der Waals surface area contributed by atoms with Crippen LogP contribution in [-0.2, 0) is 5.75 Å². The second kappa shape index (κ2) is 10.0. The first-order chi connectivity index (χ1) is 15.9. The molecule has 0 fully saturated rings. The summed E-state index contributed by atoms with van der Waals surface area (Å²) in [4.78, 5) is 18.9. The Morgan fingerprint density at radius 2 is 2.03 bits per heavy atom. The molecule has 0 spiro atoms. The van der Waals surface area contributed by atoms with E-state index >= 15 is 0 Å². The van der Waals surface area contributed by atoms with Crippen molar-refractivity contribution in [2.75, 3.05) is 19.4 Å². The zero-order valence-electron chi connectivity index (χ0n) is 21.3. The van der Waals surface area contributed by atoms with Gasteiger partial charge >= 0.3 is 0 Å². The molecule has 0 radical (unpaired) electrons. The fraction of sp³-hybridized carbons (Fsp3) is 0.480. The molecule has 2 heterocycles. The number of aromatic amines is 1. The number of hydrogen-bond acceptors (Lipinski definition) is 6. The molecule has 0 aliphatic heterocycles. The number of anilines is 2. The van der Waals surface area contributed by atoms with Crippen LogP contribution in [0.2, 0.25) is 0 Å². The Balaban J connectivity index is 2.08. The lowest BCUT2D eigenvalue weighted by Gasteiger charge is -2.25. The maximum Gasteiger partial charge on any atom is 0.257 e. The van der Waals surface area contributed by atoms with E-state index in [1.165, 1.54) is 4.90 Å². The van der Waals surface area contributed by atoms with Crippen molar-refractivity contribution in [1.82, 2.24) is 13.6 Å². The number of para-hydroxylation sites is 1. The molecular formula is C25H36N5O3S+. The fourth-order valence-corrected chi connectivity index (χ4v) is 4.50. The summed E-state index contributed by atoms with van der Waals surface area (Å²) in [7, 11) is 2.86. The number of rotatable bonds is 7. The zero-order valence-corrected chi connectivity index (χ0v) is 22.1. The smallest absolute Gasteiger partial charge is 0.257 e. The van der Waals surface area contributed by atoms with E-state index in [9.17, 15) is 9.90 Å². The Labute approximate surface area is 204 Å². The summed E-state index contributed by atoms with van der Waals surface area (Å²) in [5.41, 5.74) is 2.15. The zero-order chi connectivity index (χ0) is 25.2. The number of phenolic OH excluding ortho intramolecular Hbond substituents is 1. The molecule has 1 aromatic carbocycles. The van der Waals surface area contributed by atoms with Crippen LogP contribution < -0.4 is 10.8 Å². The molecule has 1 unspecified atom stereocenters. The van der Waals surface area contributed by atoms with Crippen molar-refractivity contribution in [3.8, 4) is 5.75 Å². The first kappa shape index (κ1) is 25.6. The van der Waals surface area contributed by atoms with E-state index in [0.29, 0.717) is 22.9 Å². The molecule has 0 aliphatic carbocycles. The standard InChI is InChI=1S/C25H35N5O3S/c1-9-34-28-22(26-18-12-10-11-17(20(18)31)24(32)30(7)8)23(29-34)27-21(25(4,5)6)19-13-16(14-33-19)15(2)3/h10-15,21H,9H2,1-8H3,(H2,26,27,28,29,31,32)/p+1/t21-,34?/m0/s1. The quantitative estimate of drug-likeness (QED) is 0.292. The summed E-state index contributed by atoms with van der Waals surface area (Å²) in [6.45, 7) is 12.7. The van der Waals surface area contributed by atoms with Gasteiger partial charge in [-0.1, -0.05) is 40.7 Å². The molecule has 184 valence electrons. The minimum absolute atomic E-state index is 0.119. The normalized spacial score (nSPS) is 13.9. The Kier molecular flexibility index (Phi) is 7.55. The third kappa shape index (κ3) is 5.52. The minimum atomic E-state index is -0.441. The summed E-state index contributed by atoms with van der Waals surface area (Å²) in [6.07, 6.45) is 1.80. The number of aromatic hydroxyl groups is 1. The topological polar surface area (TPSA) is 107 Å². The molecule has 2 atom stereocenters. The van der Waals surface area contributed by atoms with Crippen LogP contribution in [0.1, 0.15) is 75.2 Å². The molecule has 3 aromatic rings. The number of furan rings is 1. The number of H-pyrrole nitrogens is 1. The van der Waals surface area contributed by atoms with Gasteiger partial charge in [-0.15, -0.1) is 4.37 Å². The van der Waals surface area contributed by atoms with E-state index in [1.807, 2.05) is 0 Å². The second-order valence-electron chi connectivity index (χ2n) is 9.91. The van der Waals surface area contributed by atoms with Gasteiger partial charge in [0.1, 0.15) is 11.8 Å². The highest BCUT2D eigenvalue weighted by atomic mass is 32.2. The molecule has 0 saturated heterocycles. The molecule has 3 rings (SSSR count). The van der Waals surface area contributed by atoms with Crippen LogP contribution in [0.5, 0.6) is 5.75 Å². The van der Waals surface area contributed by atoms with Crippen LogP contribution >= 0.6 is 10.9 Å². The molecule has 34 heavy (non-hydrogen) atoms. The van der Waals surface area contributed by atoms with Gasteiger partial charge in [-0.2, -0.15) is 0 Å². The van der Waals surface area contributed by atoms with Crippen LogP contribution in [0.3, 0.4) is 0 Å². The first-order valence-electron chi connectivity index (χ1n) is 11.5. The lowest BCUT2D eigenvalue weighted by Crippen LogP contribution is -2.22. The van der Waals surface area contributed by atoms with Crippen molar-refractivity contribution in [2.24, 2.45) is 10.4 Å². The van der Waals surface area contributed by atoms with Crippen LogP contribution in [0.4, 0.5) is 11.5 Å². The van der Waals surface area contributed by atoms with Crippen LogP contribution in [0, 0.1) is 5.41 Å². The highest BCUT2D eigenvalue weighted by Gasteiger charge is 2.30. The van der Waals surface area contributed by atoms with Gasteiger partial charge in [0.15, 0.2) is 22.4 Å². The lowest BCUT2D eigenvalue weighted by atomic mass is 9.85. The number of phenols is 1. The van der Waals surface area contributed by atoms with E-state index < -0.39 is 10.9 Å². The van der Waals surface area contributed by atoms with E-state index in [-0.39, 0.29) is 28.7 Å². The Bertz CT molecular complexity index is 1210. The minimum Gasteiger partial charge on any atom is -0.505 e. The van der Waals surface area contributed by atoms with Crippen molar-refractivity contribution in [2.45, 2.75) is 59.3 Å². The van der Waals surface area contributed by atoms with Gasteiger partial charge in [-0.05, 0) is 42.0 Å². The largest absolute Gasteiger partial charge is 0.505 e. The van der Waals surface area contributed by atoms with Crippen molar-refractivity contribution < 1.29 is 14.3 Å². The summed E-state index contributed by atoms with van der Waals surface area (Å²) < 4.78 is 14.1. The van der Waals surface area contributed by atoms with Gasteiger partial charge < -0.3 is 19.7 Å². The Hall–Kier alpha value is -3.07. The first-order valence-corrected chi connectivity index (χ1v) is 12.8. The number of nitrogens with zero attached hydrogens (tertiary/aromatic N) is 3.